The van der Waals surface area contributed by atoms with E-state index in [9.17, 15) is 4.79 Å². The van der Waals surface area contributed by atoms with E-state index >= 15 is 0 Å². The van der Waals surface area contributed by atoms with Crippen LogP contribution in [0.5, 0.6) is 11.5 Å². The molecule has 22 heavy (non-hydrogen) atoms. The molecule has 0 aromatic heterocycles. The van der Waals surface area contributed by atoms with Crippen molar-refractivity contribution in [3.8, 4) is 11.5 Å². The number of aryl methyl sites for hydroxylation is 1. The monoisotopic (exact) mass is 318 g/mol. The van der Waals surface area contributed by atoms with Crippen LogP contribution in [0.3, 0.4) is 0 Å². The average molecular weight is 319 g/mol. The number of hydrogen-bond acceptors (Lipinski definition) is 3. The van der Waals surface area contributed by atoms with Crippen molar-refractivity contribution in [1.82, 2.24) is 0 Å². The van der Waals surface area contributed by atoms with E-state index in [1.807, 2.05) is 31.2 Å². The number of carbonyl (C=O) groups is 1. The Bertz CT molecular complexity index is 665. The lowest BCUT2D eigenvalue weighted by molar-refractivity contribution is -0.136. The van der Waals surface area contributed by atoms with Crippen molar-refractivity contribution in [3.05, 3.63) is 58.6 Å². The second-order valence-corrected chi connectivity index (χ2v) is 5.81. The Morgan fingerprint density at radius 3 is 2.59 bits per heavy atom. The van der Waals surface area contributed by atoms with Gasteiger partial charge in [0.2, 0.25) is 0 Å². The molecule has 0 atom stereocenters. The van der Waals surface area contributed by atoms with E-state index in [0.29, 0.717) is 22.4 Å². The minimum absolute atomic E-state index is 0.136. The van der Waals surface area contributed by atoms with Crippen LogP contribution in [0.4, 0.5) is 0 Å². The molecule has 0 aliphatic rings. The van der Waals surface area contributed by atoms with Crippen LogP contribution in [-0.4, -0.2) is 12.6 Å². The molecule has 0 aliphatic carbocycles. The van der Waals surface area contributed by atoms with E-state index in [0.717, 1.165) is 5.56 Å². The second-order valence-electron chi connectivity index (χ2n) is 5.40. The first-order chi connectivity index (χ1) is 10.5. The summed E-state index contributed by atoms with van der Waals surface area (Å²) in [4.78, 5) is 11.8. The Morgan fingerprint density at radius 1 is 1.14 bits per heavy atom. The summed E-state index contributed by atoms with van der Waals surface area (Å²) in [6.07, 6.45) is 0. The third kappa shape index (κ3) is 4.50. The molecule has 0 bridgehead atoms. The third-order valence-corrected chi connectivity index (χ3v) is 3.67. The van der Waals surface area contributed by atoms with Crippen molar-refractivity contribution in [2.75, 3.05) is 6.61 Å². The quantitative estimate of drug-likeness (QED) is 0.589. The van der Waals surface area contributed by atoms with Crippen molar-refractivity contribution >= 4 is 17.6 Å². The minimum Gasteiger partial charge on any atom is -0.482 e. The Balaban J connectivity index is 1.92. The van der Waals surface area contributed by atoms with Gasteiger partial charge in [-0.2, -0.15) is 0 Å². The fourth-order valence-corrected chi connectivity index (χ4v) is 2.06. The molecular formula is C18H19ClO3. The summed E-state index contributed by atoms with van der Waals surface area (Å²) in [7, 11) is 0. The Morgan fingerprint density at radius 2 is 1.91 bits per heavy atom. The zero-order chi connectivity index (χ0) is 16.1. The molecule has 0 aliphatic heterocycles. The molecule has 0 fully saturated rings. The van der Waals surface area contributed by atoms with Gasteiger partial charge in [0.1, 0.15) is 11.5 Å². The summed E-state index contributed by atoms with van der Waals surface area (Å²) in [6.45, 7) is 5.93. The first-order valence-electron chi connectivity index (χ1n) is 7.15. The molecule has 2 aromatic rings. The van der Waals surface area contributed by atoms with Gasteiger partial charge in [0.05, 0.1) is 0 Å². The molecular weight excluding hydrogens is 300 g/mol. The molecule has 0 saturated heterocycles. The van der Waals surface area contributed by atoms with Gasteiger partial charge >= 0.3 is 5.97 Å². The number of hydrogen-bond donors (Lipinski definition) is 0. The summed E-state index contributed by atoms with van der Waals surface area (Å²) in [5.74, 6) is 1.09. The van der Waals surface area contributed by atoms with Crippen LogP contribution in [0.15, 0.2) is 42.5 Å². The number of halogens is 1. The smallest absolute Gasteiger partial charge is 0.349 e. The standard InChI is InChI=1S/C18H19ClO3/c1-12(2)14-5-4-6-15(10-14)21-11-18(20)22-16-7-8-17(19)13(3)9-16/h4-10,12H,11H2,1-3H3. The molecule has 0 heterocycles. The molecule has 0 saturated carbocycles. The maximum atomic E-state index is 11.8. The van der Waals surface area contributed by atoms with Crippen LogP contribution in [0.2, 0.25) is 5.02 Å². The Kier molecular flexibility index (Phi) is 5.45. The van der Waals surface area contributed by atoms with E-state index in [1.165, 1.54) is 5.56 Å². The normalized spacial score (nSPS) is 10.6. The zero-order valence-corrected chi connectivity index (χ0v) is 13.7. The first-order valence-corrected chi connectivity index (χ1v) is 7.53. The van der Waals surface area contributed by atoms with E-state index in [-0.39, 0.29) is 6.61 Å². The van der Waals surface area contributed by atoms with Crippen LogP contribution in [-0.2, 0) is 4.79 Å². The summed E-state index contributed by atoms with van der Waals surface area (Å²) in [6, 6.07) is 12.8. The van der Waals surface area contributed by atoms with E-state index < -0.39 is 5.97 Å². The summed E-state index contributed by atoms with van der Waals surface area (Å²) < 4.78 is 10.7. The van der Waals surface area contributed by atoms with Gasteiger partial charge in [-0.05, 0) is 54.3 Å². The van der Waals surface area contributed by atoms with Crippen LogP contribution in [0.1, 0.15) is 30.9 Å². The maximum absolute atomic E-state index is 11.8. The molecule has 0 unspecified atom stereocenters. The topological polar surface area (TPSA) is 35.5 Å². The van der Waals surface area contributed by atoms with Crippen molar-refractivity contribution in [1.29, 1.82) is 0 Å². The molecule has 0 radical (unpaired) electrons. The van der Waals surface area contributed by atoms with Crippen LogP contribution >= 0.6 is 11.6 Å². The lowest BCUT2D eigenvalue weighted by atomic mass is 10.0. The summed E-state index contributed by atoms with van der Waals surface area (Å²) in [5, 5.41) is 0.640. The predicted molar refractivity (Wildman–Crippen MR) is 87.9 cm³/mol. The van der Waals surface area contributed by atoms with Crippen molar-refractivity contribution in [2.24, 2.45) is 0 Å². The van der Waals surface area contributed by atoms with Crippen molar-refractivity contribution in [2.45, 2.75) is 26.7 Å². The number of carbonyl (C=O) groups excluding carboxylic acids is 1. The number of benzene rings is 2. The highest BCUT2D eigenvalue weighted by Gasteiger charge is 2.08. The largest absolute Gasteiger partial charge is 0.482 e. The van der Waals surface area contributed by atoms with Gasteiger partial charge in [0.25, 0.3) is 0 Å². The molecule has 116 valence electrons. The Hall–Kier alpha value is -2.00. The highest BCUT2D eigenvalue weighted by Crippen LogP contribution is 2.22. The lowest BCUT2D eigenvalue weighted by Crippen LogP contribution is -2.17. The van der Waals surface area contributed by atoms with Gasteiger partial charge in [-0.3, -0.25) is 0 Å². The van der Waals surface area contributed by atoms with E-state index in [1.54, 1.807) is 18.2 Å². The molecule has 0 amide bonds. The Labute approximate surface area is 135 Å². The van der Waals surface area contributed by atoms with E-state index in [2.05, 4.69) is 13.8 Å². The molecule has 0 spiro atoms. The molecule has 3 nitrogen and oxygen atoms in total. The fourth-order valence-electron chi connectivity index (χ4n) is 1.95. The third-order valence-electron chi connectivity index (χ3n) is 3.24. The van der Waals surface area contributed by atoms with Crippen LogP contribution in [0.25, 0.3) is 0 Å². The zero-order valence-electron chi connectivity index (χ0n) is 12.9. The predicted octanol–water partition coefficient (Wildman–Crippen LogP) is 4.76. The number of ether oxygens (including phenoxy) is 2. The molecule has 2 aromatic carbocycles. The van der Waals surface area contributed by atoms with Crippen molar-refractivity contribution < 1.29 is 14.3 Å². The van der Waals surface area contributed by atoms with Gasteiger partial charge in [-0.1, -0.05) is 37.6 Å². The van der Waals surface area contributed by atoms with Crippen molar-refractivity contribution in [3.63, 3.8) is 0 Å². The van der Waals surface area contributed by atoms with Gasteiger partial charge in [0, 0.05) is 5.02 Å². The number of rotatable bonds is 5. The van der Waals surface area contributed by atoms with Gasteiger partial charge in [0.15, 0.2) is 6.61 Å². The fraction of sp³-hybridized carbons (Fsp3) is 0.278. The molecule has 4 heteroatoms. The maximum Gasteiger partial charge on any atom is 0.349 e. The minimum atomic E-state index is -0.448. The van der Waals surface area contributed by atoms with E-state index in [4.69, 9.17) is 21.1 Å². The average Bonchev–Trinajstić information content (AvgIpc) is 2.49. The van der Waals surface area contributed by atoms with Gasteiger partial charge < -0.3 is 9.47 Å². The van der Waals surface area contributed by atoms with Crippen LogP contribution < -0.4 is 9.47 Å². The SMILES string of the molecule is Cc1cc(OC(=O)COc2cccc(C(C)C)c2)ccc1Cl. The first kappa shape index (κ1) is 16.4. The highest BCUT2D eigenvalue weighted by molar-refractivity contribution is 6.31. The molecule has 0 N–H and O–H groups in total. The summed E-state index contributed by atoms with van der Waals surface area (Å²) in [5.41, 5.74) is 2.02. The van der Waals surface area contributed by atoms with Crippen LogP contribution in [0, 0.1) is 6.92 Å². The summed E-state index contributed by atoms with van der Waals surface area (Å²) >= 11 is 5.93. The van der Waals surface area contributed by atoms with Gasteiger partial charge in [-0.15, -0.1) is 0 Å². The second kappa shape index (κ2) is 7.32. The van der Waals surface area contributed by atoms with Gasteiger partial charge in [-0.25, -0.2) is 4.79 Å². The number of esters is 1. The highest BCUT2D eigenvalue weighted by atomic mass is 35.5. The molecule has 2 rings (SSSR count). The lowest BCUT2D eigenvalue weighted by Gasteiger charge is -2.10.